The summed E-state index contributed by atoms with van der Waals surface area (Å²) in [6.45, 7) is 0.665. The standard InChI is InChI=1S/C22H25FN2O5S/c23-20-14-19(9-8-16(20)6-2-12-26)30-15-18-5-1-4-17-10-11-25(22(17)18)21(27)7-3-13-31(24,28)29/h1,4-5,8-9,12,14H,2-3,6-7,10-11,13,15H2,(H2,24,28,29). The Balaban J connectivity index is 1.69. The van der Waals surface area contributed by atoms with Crippen LogP contribution < -0.4 is 14.8 Å². The van der Waals surface area contributed by atoms with Crippen molar-refractivity contribution in [3.05, 3.63) is 58.9 Å². The molecule has 1 amide bonds. The minimum Gasteiger partial charge on any atom is -0.489 e. The third kappa shape index (κ3) is 6.11. The van der Waals surface area contributed by atoms with Gasteiger partial charge in [-0.1, -0.05) is 24.3 Å². The van der Waals surface area contributed by atoms with Crippen LogP contribution in [-0.4, -0.2) is 32.9 Å². The lowest BCUT2D eigenvalue weighted by atomic mass is 10.1. The van der Waals surface area contributed by atoms with E-state index in [9.17, 15) is 22.4 Å². The SMILES string of the molecule is NS(=O)(=O)CCCC(=O)N1CCc2cccc(COc3ccc(CCC=O)c(F)c3)c21. The Morgan fingerprint density at radius 2 is 2.03 bits per heavy atom. The summed E-state index contributed by atoms with van der Waals surface area (Å²) in [5.41, 5.74) is 3.03. The van der Waals surface area contributed by atoms with Gasteiger partial charge in [-0.25, -0.2) is 17.9 Å². The number of aldehydes is 1. The molecule has 31 heavy (non-hydrogen) atoms. The summed E-state index contributed by atoms with van der Waals surface area (Å²) >= 11 is 0. The summed E-state index contributed by atoms with van der Waals surface area (Å²) in [7, 11) is -3.60. The number of para-hydroxylation sites is 1. The van der Waals surface area contributed by atoms with Crippen molar-refractivity contribution in [1.29, 1.82) is 0 Å². The smallest absolute Gasteiger partial charge is 0.227 e. The number of amides is 1. The Labute approximate surface area is 181 Å². The number of halogens is 1. The fraction of sp³-hybridized carbons (Fsp3) is 0.364. The van der Waals surface area contributed by atoms with Crippen molar-refractivity contribution < 1.29 is 27.1 Å². The van der Waals surface area contributed by atoms with Crippen LogP contribution in [0, 0.1) is 5.82 Å². The molecule has 2 aromatic carbocycles. The van der Waals surface area contributed by atoms with Gasteiger partial charge in [0.15, 0.2) is 0 Å². The summed E-state index contributed by atoms with van der Waals surface area (Å²) in [4.78, 5) is 24.8. The Hall–Kier alpha value is -2.78. The molecule has 1 aliphatic rings. The second kappa shape index (κ2) is 10.0. The van der Waals surface area contributed by atoms with E-state index >= 15 is 0 Å². The number of rotatable bonds is 10. The first kappa shape index (κ1) is 22.9. The zero-order valence-corrected chi connectivity index (χ0v) is 17.9. The number of anilines is 1. The largest absolute Gasteiger partial charge is 0.489 e. The summed E-state index contributed by atoms with van der Waals surface area (Å²) in [5.74, 6) is -0.475. The molecule has 0 saturated carbocycles. The maximum Gasteiger partial charge on any atom is 0.227 e. The highest BCUT2D eigenvalue weighted by molar-refractivity contribution is 7.89. The molecule has 1 heterocycles. The zero-order chi connectivity index (χ0) is 22.4. The van der Waals surface area contributed by atoms with Gasteiger partial charge in [0.25, 0.3) is 0 Å². The number of aryl methyl sites for hydroxylation is 1. The molecule has 2 N–H and O–H groups in total. The Kier molecular flexibility index (Phi) is 7.40. The molecular weight excluding hydrogens is 423 g/mol. The normalized spacial score (nSPS) is 13.2. The van der Waals surface area contributed by atoms with E-state index in [0.717, 1.165) is 23.1 Å². The molecule has 7 nitrogen and oxygen atoms in total. The van der Waals surface area contributed by atoms with Crippen LogP contribution in [0.2, 0.25) is 0 Å². The van der Waals surface area contributed by atoms with E-state index in [1.165, 1.54) is 6.07 Å². The topological polar surface area (TPSA) is 107 Å². The first-order valence-electron chi connectivity index (χ1n) is 10.0. The summed E-state index contributed by atoms with van der Waals surface area (Å²) < 4.78 is 42.2. The summed E-state index contributed by atoms with van der Waals surface area (Å²) in [6, 6.07) is 10.2. The van der Waals surface area contributed by atoms with Crippen LogP contribution >= 0.6 is 0 Å². The van der Waals surface area contributed by atoms with Crippen LogP contribution in [0.4, 0.5) is 10.1 Å². The average Bonchev–Trinajstić information content (AvgIpc) is 3.15. The monoisotopic (exact) mass is 448 g/mol. The van der Waals surface area contributed by atoms with E-state index in [-0.39, 0.29) is 37.5 Å². The van der Waals surface area contributed by atoms with Crippen LogP contribution in [0.1, 0.15) is 36.0 Å². The molecule has 0 bridgehead atoms. The molecule has 0 aromatic heterocycles. The molecule has 0 saturated heterocycles. The lowest BCUT2D eigenvalue weighted by Crippen LogP contribution is -2.30. The van der Waals surface area contributed by atoms with E-state index in [2.05, 4.69) is 0 Å². The average molecular weight is 449 g/mol. The lowest BCUT2D eigenvalue weighted by Gasteiger charge is -2.21. The zero-order valence-electron chi connectivity index (χ0n) is 17.1. The van der Waals surface area contributed by atoms with Gasteiger partial charge >= 0.3 is 0 Å². The van der Waals surface area contributed by atoms with Gasteiger partial charge in [0.1, 0.15) is 24.5 Å². The van der Waals surface area contributed by atoms with Gasteiger partial charge in [0.2, 0.25) is 15.9 Å². The molecule has 2 aromatic rings. The van der Waals surface area contributed by atoms with Crippen LogP contribution in [-0.2, 0) is 39.1 Å². The number of carbonyl (C=O) groups is 2. The molecule has 0 atom stereocenters. The second-order valence-electron chi connectivity index (χ2n) is 7.44. The predicted molar refractivity (Wildman–Crippen MR) is 115 cm³/mol. The van der Waals surface area contributed by atoms with Gasteiger partial charge in [-0.2, -0.15) is 0 Å². The number of nitrogens with zero attached hydrogens (tertiary/aromatic N) is 1. The van der Waals surface area contributed by atoms with Crippen LogP contribution in [0.5, 0.6) is 5.75 Å². The van der Waals surface area contributed by atoms with Crippen LogP contribution in [0.15, 0.2) is 36.4 Å². The molecule has 1 aliphatic heterocycles. The Morgan fingerprint density at radius 1 is 1.23 bits per heavy atom. The Morgan fingerprint density at radius 3 is 2.74 bits per heavy atom. The predicted octanol–water partition coefficient (Wildman–Crippen LogP) is 2.49. The van der Waals surface area contributed by atoms with Gasteiger partial charge in [-0.05, 0) is 36.5 Å². The van der Waals surface area contributed by atoms with E-state index < -0.39 is 15.8 Å². The highest BCUT2D eigenvalue weighted by Gasteiger charge is 2.27. The van der Waals surface area contributed by atoms with Crippen LogP contribution in [0.25, 0.3) is 0 Å². The van der Waals surface area contributed by atoms with E-state index in [0.29, 0.717) is 30.7 Å². The molecule has 166 valence electrons. The third-order valence-corrected chi connectivity index (χ3v) is 6.01. The fourth-order valence-corrected chi connectivity index (χ4v) is 4.21. The minimum absolute atomic E-state index is 0.0819. The number of sulfonamides is 1. The number of ether oxygens (including phenoxy) is 1. The molecule has 9 heteroatoms. The summed E-state index contributed by atoms with van der Waals surface area (Å²) in [5, 5.41) is 5.00. The molecule has 0 fully saturated rings. The first-order chi connectivity index (χ1) is 14.8. The van der Waals surface area contributed by atoms with Crippen molar-refractivity contribution in [2.24, 2.45) is 5.14 Å². The third-order valence-electron chi connectivity index (χ3n) is 5.15. The Bertz CT molecular complexity index is 1070. The maximum absolute atomic E-state index is 14.2. The number of benzene rings is 2. The van der Waals surface area contributed by atoms with Crippen LogP contribution in [0.3, 0.4) is 0 Å². The summed E-state index contributed by atoms with van der Waals surface area (Å²) in [6.07, 6.45) is 2.29. The lowest BCUT2D eigenvalue weighted by molar-refractivity contribution is -0.118. The molecule has 3 rings (SSSR count). The van der Waals surface area contributed by atoms with Gasteiger partial charge in [0.05, 0.1) is 11.4 Å². The van der Waals surface area contributed by atoms with E-state index in [1.54, 1.807) is 17.0 Å². The van der Waals surface area contributed by atoms with Crippen molar-refractivity contribution in [3.8, 4) is 5.75 Å². The molecule has 0 radical (unpaired) electrons. The highest BCUT2D eigenvalue weighted by Crippen LogP contribution is 2.33. The molecule has 0 unspecified atom stereocenters. The van der Waals surface area contributed by atoms with Crippen molar-refractivity contribution >= 4 is 27.9 Å². The minimum atomic E-state index is -3.60. The maximum atomic E-state index is 14.2. The number of primary sulfonamides is 1. The number of hydrogen-bond acceptors (Lipinski definition) is 5. The van der Waals surface area contributed by atoms with Crippen molar-refractivity contribution in [1.82, 2.24) is 0 Å². The number of hydrogen-bond donors (Lipinski definition) is 1. The number of fused-ring (bicyclic) bond motifs is 1. The van der Waals surface area contributed by atoms with Crippen molar-refractivity contribution in [2.75, 3.05) is 17.2 Å². The second-order valence-corrected chi connectivity index (χ2v) is 9.17. The van der Waals surface area contributed by atoms with Crippen molar-refractivity contribution in [2.45, 2.75) is 38.7 Å². The van der Waals surface area contributed by atoms with Crippen molar-refractivity contribution in [3.63, 3.8) is 0 Å². The number of nitrogens with two attached hydrogens (primary N) is 1. The number of carbonyl (C=O) groups excluding carboxylic acids is 2. The quantitative estimate of drug-likeness (QED) is 0.562. The van der Waals surface area contributed by atoms with Gasteiger partial charge in [-0.3, -0.25) is 4.79 Å². The molecule has 0 aliphatic carbocycles. The van der Waals surface area contributed by atoms with E-state index in [1.807, 2.05) is 18.2 Å². The van der Waals surface area contributed by atoms with Gasteiger partial charge in [0, 0.05) is 31.0 Å². The highest BCUT2D eigenvalue weighted by atomic mass is 32.2. The van der Waals surface area contributed by atoms with Gasteiger partial charge < -0.3 is 14.4 Å². The molecular formula is C22H25FN2O5S. The van der Waals surface area contributed by atoms with Gasteiger partial charge in [-0.15, -0.1) is 0 Å². The first-order valence-corrected chi connectivity index (χ1v) is 11.8. The fourth-order valence-electron chi connectivity index (χ4n) is 3.66. The molecule has 0 spiro atoms. The van der Waals surface area contributed by atoms with E-state index in [4.69, 9.17) is 9.88 Å².